The molecule has 4 aromatic rings. The third kappa shape index (κ3) is 2.98. The number of aromatic nitrogens is 2. The van der Waals surface area contributed by atoms with E-state index in [1.165, 1.54) is 6.20 Å². The molecule has 0 fully saturated rings. The van der Waals surface area contributed by atoms with E-state index in [2.05, 4.69) is 21.4 Å². The number of aromatic amines is 1. The van der Waals surface area contributed by atoms with Gasteiger partial charge in [-0.2, -0.15) is 5.26 Å². The number of nitriles is 1. The molecule has 2 aromatic carbocycles. The number of benzene rings is 2. The van der Waals surface area contributed by atoms with Gasteiger partial charge >= 0.3 is 0 Å². The normalized spacial score (nSPS) is 10.5. The topological polar surface area (TPSA) is 108 Å². The molecule has 4 rings (SSSR count). The molecule has 0 bridgehead atoms. The Labute approximate surface area is 155 Å². The van der Waals surface area contributed by atoms with Crippen LogP contribution in [0.15, 0.2) is 67.1 Å². The van der Waals surface area contributed by atoms with Crippen LogP contribution in [0.1, 0.15) is 15.9 Å². The van der Waals surface area contributed by atoms with Crippen molar-refractivity contribution in [3.05, 3.63) is 78.2 Å². The van der Waals surface area contributed by atoms with Gasteiger partial charge in [-0.15, -0.1) is 0 Å². The highest BCUT2D eigenvalue weighted by atomic mass is 16.1. The van der Waals surface area contributed by atoms with E-state index < -0.39 is 5.91 Å². The van der Waals surface area contributed by atoms with Crippen LogP contribution in [-0.4, -0.2) is 15.9 Å². The summed E-state index contributed by atoms with van der Waals surface area (Å²) in [5.41, 5.74) is 10.2. The Morgan fingerprint density at radius 3 is 2.81 bits per heavy atom. The molecule has 0 saturated carbocycles. The standard InChI is InChI=1S/C21H15N5O/c22-10-15-11-24-12-17(13-3-1-4-14(9-13)21(23)27)20(15)26-19-6-2-5-18-16(19)7-8-25-18/h1-9,11-12,25H,(H2,23,27)(H,24,26). The van der Waals surface area contributed by atoms with Gasteiger partial charge in [-0.3, -0.25) is 9.78 Å². The number of H-pyrrole nitrogens is 1. The number of fused-ring (bicyclic) bond motifs is 1. The maximum atomic E-state index is 11.5. The van der Waals surface area contributed by atoms with Crippen molar-refractivity contribution in [2.75, 3.05) is 5.32 Å². The number of amides is 1. The molecule has 0 saturated heterocycles. The lowest BCUT2D eigenvalue weighted by atomic mass is 10.0. The average molecular weight is 353 g/mol. The first kappa shape index (κ1) is 16.4. The van der Waals surface area contributed by atoms with Crippen LogP contribution in [0.2, 0.25) is 0 Å². The molecule has 0 aliphatic heterocycles. The fraction of sp³-hybridized carbons (Fsp3) is 0. The van der Waals surface area contributed by atoms with Crippen LogP contribution < -0.4 is 11.1 Å². The number of nitrogens with one attached hydrogen (secondary N) is 2. The number of carbonyl (C=O) groups excluding carboxylic acids is 1. The predicted octanol–water partition coefficient (Wildman–Crippen LogP) is 3.94. The molecule has 0 spiro atoms. The van der Waals surface area contributed by atoms with Crippen molar-refractivity contribution in [3.8, 4) is 17.2 Å². The highest BCUT2D eigenvalue weighted by molar-refractivity contribution is 5.97. The zero-order valence-electron chi connectivity index (χ0n) is 14.2. The van der Waals surface area contributed by atoms with Gasteiger partial charge in [0.05, 0.1) is 11.3 Å². The van der Waals surface area contributed by atoms with Gasteiger partial charge in [0, 0.05) is 46.3 Å². The fourth-order valence-corrected chi connectivity index (χ4v) is 3.07. The van der Waals surface area contributed by atoms with Crippen LogP contribution in [0.4, 0.5) is 11.4 Å². The summed E-state index contributed by atoms with van der Waals surface area (Å²) in [6.07, 6.45) is 5.05. The molecule has 4 N–H and O–H groups in total. The molecular formula is C21H15N5O. The van der Waals surface area contributed by atoms with Gasteiger partial charge in [-0.05, 0) is 35.9 Å². The third-order valence-corrected chi connectivity index (χ3v) is 4.38. The summed E-state index contributed by atoms with van der Waals surface area (Å²) in [4.78, 5) is 18.9. The van der Waals surface area contributed by atoms with Gasteiger partial charge in [0.25, 0.3) is 0 Å². The second-order valence-electron chi connectivity index (χ2n) is 6.04. The molecule has 6 heteroatoms. The van der Waals surface area contributed by atoms with Crippen LogP contribution in [0.25, 0.3) is 22.0 Å². The predicted molar refractivity (Wildman–Crippen MR) is 104 cm³/mol. The number of hydrogen-bond acceptors (Lipinski definition) is 4. The Bertz CT molecular complexity index is 1200. The number of anilines is 2. The number of primary amides is 1. The summed E-state index contributed by atoms with van der Waals surface area (Å²) >= 11 is 0. The Hall–Kier alpha value is -4.11. The summed E-state index contributed by atoms with van der Waals surface area (Å²) in [6.45, 7) is 0. The van der Waals surface area contributed by atoms with Crippen LogP contribution in [0, 0.1) is 11.3 Å². The van der Waals surface area contributed by atoms with Crippen LogP contribution in [-0.2, 0) is 0 Å². The summed E-state index contributed by atoms with van der Waals surface area (Å²) < 4.78 is 0. The van der Waals surface area contributed by atoms with E-state index in [-0.39, 0.29) is 0 Å². The van der Waals surface area contributed by atoms with Crippen molar-refractivity contribution in [2.24, 2.45) is 5.73 Å². The van der Waals surface area contributed by atoms with Gasteiger partial charge in [0.2, 0.25) is 5.91 Å². The van der Waals surface area contributed by atoms with E-state index in [1.807, 2.05) is 36.5 Å². The minimum absolute atomic E-state index is 0.397. The maximum Gasteiger partial charge on any atom is 0.248 e. The van der Waals surface area contributed by atoms with Gasteiger partial charge in [0.15, 0.2) is 0 Å². The largest absolute Gasteiger partial charge is 0.366 e. The molecule has 6 nitrogen and oxygen atoms in total. The lowest BCUT2D eigenvalue weighted by Gasteiger charge is -2.15. The van der Waals surface area contributed by atoms with Crippen molar-refractivity contribution in [2.45, 2.75) is 0 Å². The van der Waals surface area contributed by atoms with Gasteiger partial charge in [-0.1, -0.05) is 18.2 Å². The molecule has 130 valence electrons. The molecule has 0 aliphatic rings. The summed E-state index contributed by atoms with van der Waals surface area (Å²) in [6, 6.07) is 17.0. The molecule has 1 amide bonds. The summed E-state index contributed by atoms with van der Waals surface area (Å²) in [7, 11) is 0. The SMILES string of the molecule is N#Cc1cncc(-c2cccc(C(N)=O)c2)c1Nc1cccc2[nH]ccc12. The second-order valence-corrected chi connectivity index (χ2v) is 6.04. The Balaban J connectivity index is 1.88. The van der Waals surface area contributed by atoms with Crippen molar-refractivity contribution in [1.29, 1.82) is 5.26 Å². The van der Waals surface area contributed by atoms with Crippen molar-refractivity contribution in [3.63, 3.8) is 0 Å². The minimum atomic E-state index is -0.507. The highest BCUT2D eigenvalue weighted by Crippen LogP contribution is 2.34. The number of hydrogen-bond donors (Lipinski definition) is 3. The number of nitrogens with two attached hydrogens (primary N) is 1. The van der Waals surface area contributed by atoms with E-state index in [0.29, 0.717) is 22.4 Å². The average Bonchev–Trinajstić information content (AvgIpc) is 3.18. The number of carbonyl (C=O) groups is 1. The molecule has 0 aliphatic carbocycles. The zero-order valence-corrected chi connectivity index (χ0v) is 14.2. The fourth-order valence-electron chi connectivity index (χ4n) is 3.07. The number of nitrogens with zero attached hydrogens (tertiary/aromatic N) is 2. The quantitative estimate of drug-likeness (QED) is 0.516. The Morgan fingerprint density at radius 2 is 2.00 bits per heavy atom. The Kier molecular flexibility index (Phi) is 4.03. The van der Waals surface area contributed by atoms with E-state index >= 15 is 0 Å². The Morgan fingerprint density at radius 1 is 1.15 bits per heavy atom. The lowest BCUT2D eigenvalue weighted by Crippen LogP contribution is -2.10. The van der Waals surface area contributed by atoms with Gasteiger partial charge in [0.1, 0.15) is 6.07 Å². The van der Waals surface area contributed by atoms with E-state index in [4.69, 9.17) is 5.73 Å². The van der Waals surface area contributed by atoms with Crippen molar-refractivity contribution < 1.29 is 4.79 Å². The summed E-state index contributed by atoms with van der Waals surface area (Å²) in [5, 5.41) is 14.0. The first-order valence-electron chi connectivity index (χ1n) is 8.29. The van der Waals surface area contributed by atoms with Crippen molar-refractivity contribution >= 4 is 28.2 Å². The maximum absolute atomic E-state index is 11.5. The van der Waals surface area contributed by atoms with Gasteiger partial charge in [-0.25, -0.2) is 0 Å². The monoisotopic (exact) mass is 353 g/mol. The smallest absolute Gasteiger partial charge is 0.248 e. The first-order chi connectivity index (χ1) is 13.2. The van der Waals surface area contributed by atoms with Gasteiger partial charge < -0.3 is 16.0 Å². The van der Waals surface area contributed by atoms with E-state index in [0.717, 1.165) is 22.2 Å². The number of rotatable bonds is 4. The van der Waals surface area contributed by atoms with Crippen LogP contribution in [0.3, 0.4) is 0 Å². The second kappa shape index (κ2) is 6.65. The molecule has 0 radical (unpaired) electrons. The lowest BCUT2D eigenvalue weighted by molar-refractivity contribution is 0.100. The first-order valence-corrected chi connectivity index (χ1v) is 8.29. The van der Waals surface area contributed by atoms with Crippen molar-refractivity contribution in [1.82, 2.24) is 9.97 Å². The number of pyridine rings is 1. The third-order valence-electron chi connectivity index (χ3n) is 4.38. The molecule has 2 aromatic heterocycles. The van der Waals surface area contributed by atoms with E-state index in [1.54, 1.807) is 24.4 Å². The molecule has 0 unspecified atom stereocenters. The molecule has 2 heterocycles. The summed E-state index contributed by atoms with van der Waals surface area (Å²) in [5.74, 6) is -0.507. The van der Waals surface area contributed by atoms with Crippen LogP contribution in [0.5, 0.6) is 0 Å². The minimum Gasteiger partial charge on any atom is -0.366 e. The highest BCUT2D eigenvalue weighted by Gasteiger charge is 2.14. The molecule has 0 atom stereocenters. The molecular weight excluding hydrogens is 338 g/mol. The van der Waals surface area contributed by atoms with Crippen LogP contribution >= 0.6 is 0 Å². The van der Waals surface area contributed by atoms with E-state index in [9.17, 15) is 10.1 Å². The zero-order chi connectivity index (χ0) is 18.8. The molecule has 27 heavy (non-hydrogen) atoms.